The SMILES string of the molecule is CC(=CC1CCN(c2ccc(F)cc2)CC1)C(=O)N1CCC=CC1=O. The van der Waals surface area contributed by atoms with Gasteiger partial charge in [0.2, 0.25) is 0 Å². The molecule has 0 atom stereocenters. The summed E-state index contributed by atoms with van der Waals surface area (Å²) in [6, 6.07) is 6.56. The third-order valence-corrected chi connectivity index (χ3v) is 4.85. The number of carbonyl (C=O) groups excluding carboxylic acids is 2. The summed E-state index contributed by atoms with van der Waals surface area (Å²) < 4.78 is 13.0. The molecule has 0 saturated carbocycles. The Balaban J connectivity index is 1.58. The Labute approximate surface area is 147 Å². The van der Waals surface area contributed by atoms with Gasteiger partial charge in [-0.2, -0.15) is 0 Å². The number of hydrogen-bond donors (Lipinski definition) is 0. The summed E-state index contributed by atoms with van der Waals surface area (Å²) in [5, 5.41) is 0. The fraction of sp³-hybridized carbons (Fsp3) is 0.400. The zero-order valence-corrected chi connectivity index (χ0v) is 14.5. The van der Waals surface area contributed by atoms with Gasteiger partial charge in [0.1, 0.15) is 5.82 Å². The molecule has 0 bridgehead atoms. The number of anilines is 1. The van der Waals surface area contributed by atoms with Gasteiger partial charge in [0.05, 0.1) is 0 Å². The van der Waals surface area contributed by atoms with Crippen LogP contribution in [0, 0.1) is 11.7 Å². The van der Waals surface area contributed by atoms with Gasteiger partial charge in [0, 0.05) is 30.9 Å². The van der Waals surface area contributed by atoms with Gasteiger partial charge in [0.15, 0.2) is 0 Å². The lowest BCUT2D eigenvalue weighted by Crippen LogP contribution is -2.39. The van der Waals surface area contributed by atoms with Gasteiger partial charge in [-0.15, -0.1) is 0 Å². The van der Waals surface area contributed by atoms with Crippen LogP contribution in [-0.4, -0.2) is 36.3 Å². The van der Waals surface area contributed by atoms with E-state index in [9.17, 15) is 14.0 Å². The molecule has 0 aromatic heterocycles. The molecule has 3 rings (SSSR count). The first-order valence-corrected chi connectivity index (χ1v) is 8.76. The molecule has 2 aliphatic rings. The van der Waals surface area contributed by atoms with E-state index in [1.54, 1.807) is 25.1 Å². The highest BCUT2D eigenvalue weighted by molar-refractivity contribution is 6.07. The fourth-order valence-electron chi connectivity index (χ4n) is 3.40. The van der Waals surface area contributed by atoms with Crippen LogP contribution < -0.4 is 4.90 Å². The zero-order valence-electron chi connectivity index (χ0n) is 14.5. The summed E-state index contributed by atoms with van der Waals surface area (Å²) in [5.74, 6) is -0.306. The average Bonchev–Trinajstić information content (AvgIpc) is 2.63. The normalized spacial score (nSPS) is 19.4. The monoisotopic (exact) mass is 342 g/mol. The van der Waals surface area contributed by atoms with Gasteiger partial charge in [-0.05, 0) is 62.4 Å². The molecule has 1 aromatic carbocycles. The number of nitrogens with zero attached hydrogens (tertiary/aromatic N) is 2. The summed E-state index contributed by atoms with van der Waals surface area (Å²) >= 11 is 0. The van der Waals surface area contributed by atoms with Gasteiger partial charge in [-0.1, -0.05) is 12.2 Å². The number of halogens is 1. The lowest BCUT2D eigenvalue weighted by atomic mass is 9.94. The van der Waals surface area contributed by atoms with Crippen molar-refractivity contribution >= 4 is 17.5 Å². The molecule has 0 spiro atoms. The molecule has 0 aliphatic carbocycles. The molecular formula is C20H23FN2O2. The van der Waals surface area contributed by atoms with Gasteiger partial charge >= 0.3 is 0 Å². The number of imide groups is 1. The Morgan fingerprint density at radius 3 is 2.48 bits per heavy atom. The second-order valence-corrected chi connectivity index (χ2v) is 6.64. The Kier molecular flexibility index (Phi) is 5.31. The fourth-order valence-corrected chi connectivity index (χ4v) is 3.40. The minimum absolute atomic E-state index is 0.185. The van der Waals surface area contributed by atoms with Gasteiger partial charge in [0.25, 0.3) is 11.8 Å². The maximum atomic E-state index is 13.0. The first-order valence-electron chi connectivity index (χ1n) is 8.76. The average molecular weight is 342 g/mol. The highest BCUT2D eigenvalue weighted by atomic mass is 19.1. The molecule has 2 heterocycles. The molecule has 2 amide bonds. The van der Waals surface area contributed by atoms with E-state index in [0.717, 1.165) is 38.0 Å². The predicted octanol–water partition coefficient (Wildman–Crippen LogP) is 3.30. The van der Waals surface area contributed by atoms with Crippen LogP contribution in [0.15, 0.2) is 48.1 Å². The first-order chi connectivity index (χ1) is 12.0. The van der Waals surface area contributed by atoms with E-state index in [1.807, 2.05) is 6.08 Å². The van der Waals surface area contributed by atoms with Crippen LogP contribution in [0.1, 0.15) is 26.2 Å². The Morgan fingerprint density at radius 1 is 1.16 bits per heavy atom. The Bertz CT molecular complexity index is 701. The zero-order chi connectivity index (χ0) is 17.8. The largest absolute Gasteiger partial charge is 0.371 e. The number of amides is 2. The molecule has 1 aromatic rings. The van der Waals surface area contributed by atoms with Crippen molar-refractivity contribution < 1.29 is 14.0 Å². The molecule has 0 radical (unpaired) electrons. The van der Waals surface area contributed by atoms with Crippen LogP contribution in [0.2, 0.25) is 0 Å². The first kappa shape index (κ1) is 17.4. The molecular weight excluding hydrogens is 319 g/mol. The van der Waals surface area contributed by atoms with Crippen molar-refractivity contribution in [1.29, 1.82) is 0 Å². The smallest absolute Gasteiger partial charge is 0.256 e. The second-order valence-electron chi connectivity index (χ2n) is 6.64. The summed E-state index contributed by atoms with van der Waals surface area (Å²) in [7, 11) is 0. The van der Waals surface area contributed by atoms with E-state index in [1.165, 1.54) is 23.1 Å². The van der Waals surface area contributed by atoms with E-state index in [0.29, 0.717) is 18.0 Å². The van der Waals surface area contributed by atoms with Crippen molar-refractivity contribution in [1.82, 2.24) is 4.90 Å². The van der Waals surface area contributed by atoms with Crippen LogP contribution in [0.5, 0.6) is 0 Å². The van der Waals surface area contributed by atoms with Crippen LogP contribution in [-0.2, 0) is 9.59 Å². The van der Waals surface area contributed by atoms with Crippen molar-refractivity contribution in [2.24, 2.45) is 5.92 Å². The van der Waals surface area contributed by atoms with Gasteiger partial charge < -0.3 is 4.90 Å². The standard InChI is InChI=1S/C20H23FN2O2/c1-15(20(25)23-11-3-2-4-19(23)24)14-16-9-12-22(13-10-16)18-7-5-17(21)6-8-18/h2,4-8,14,16H,3,9-13H2,1H3. The van der Waals surface area contributed by atoms with Crippen molar-refractivity contribution in [2.75, 3.05) is 24.5 Å². The van der Waals surface area contributed by atoms with E-state index in [2.05, 4.69) is 4.90 Å². The molecule has 2 aliphatic heterocycles. The quantitative estimate of drug-likeness (QED) is 0.792. The predicted molar refractivity (Wildman–Crippen MR) is 95.6 cm³/mol. The molecule has 132 valence electrons. The van der Waals surface area contributed by atoms with Crippen molar-refractivity contribution in [3.63, 3.8) is 0 Å². The minimum atomic E-state index is -0.227. The van der Waals surface area contributed by atoms with Crippen molar-refractivity contribution in [3.8, 4) is 0 Å². The number of allylic oxidation sites excluding steroid dienone is 1. The number of piperidine rings is 1. The summed E-state index contributed by atoms with van der Waals surface area (Å²) in [6.45, 7) is 4.00. The maximum Gasteiger partial charge on any atom is 0.256 e. The van der Waals surface area contributed by atoms with Crippen LogP contribution >= 0.6 is 0 Å². The molecule has 0 unspecified atom stereocenters. The molecule has 1 fully saturated rings. The summed E-state index contributed by atoms with van der Waals surface area (Å²) in [6.07, 6.45) is 7.88. The van der Waals surface area contributed by atoms with E-state index in [4.69, 9.17) is 0 Å². The molecule has 4 nitrogen and oxygen atoms in total. The maximum absolute atomic E-state index is 13.0. The van der Waals surface area contributed by atoms with E-state index in [-0.39, 0.29) is 17.6 Å². The summed E-state index contributed by atoms with van der Waals surface area (Å²) in [5.41, 5.74) is 1.67. The molecule has 0 N–H and O–H groups in total. The topological polar surface area (TPSA) is 40.6 Å². The van der Waals surface area contributed by atoms with Crippen LogP contribution in [0.4, 0.5) is 10.1 Å². The van der Waals surface area contributed by atoms with Crippen molar-refractivity contribution in [3.05, 3.63) is 53.9 Å². The van der Waals surface area contributed by atoms with Gasteiger partial charge in [-0.3, -0.25) is 14.5 Å². The van der Waals surface area contributed by atoms with E-state index >= 15 is 0 Å². The van der Waals surface area contributed by atoms with E-state index < -0.39 is 0 Å². The Morgan fingerprint density at radius 2 is 1.84 bits per heavy atom. The van der Waals surface area contributed by atoms with Gasteiger partial charge in [-0.25, -0.2) is 4.39 Å². The van der Waals surface area contributed by atoms with Crippen LogP contribution in [0.3, 0.4) is 0 Å². The molecule has 25 heavy (non-hydrogen) atoms. The lowest BCUT2D eigenvalue weighted by molar-refractivity contribution is -0.139. The number of benzene rings is 1. The van der Waals surface area contributed by atoms with Crippen molar-refractivity contribution in [2.45, 2.75) is 26.2 Å². The third-order valence-electron chi connectivity index (χ3n) is 4.85. The Hall–Kier alpha value is -2.43. The number of rotatable bonds is 3. The summed E-state index contributed by atoms with van der Waals surface area (Å²) in [4.78, 5) is 27.8. The lowest BCUT2D eigenvalue weighted by Gasteiger charge is -2.33. The second kappa shape index (κ2) is 7.64. The number of hydrogen-bond acceptors (Lipinski definition) is 3. The highest BCUT2D eigenvalue weighted by Crippen LogP contribution is 2.25. The third kappa shape index (κ3) is 4.16. The van der Waals surface area contributed by atoms with Crippen LogP contribution in [0.25, 0.3) is 0 Å². The highest BCUT2D eigenvalue weighted by Gasteiger charge is 2.24. The molecule has 1 saturated heterocycles. The minimum Gasteiger partial charge on any atom is -0.371 e. The number of carbonyl (C=O) groups is 2. The molecule has 5 heteroatoms.